The number of likely N-dealkylation sites (tertiary alicyclic amines) is 2. The van der Waals surface area contributed by atoms with Gasteiger partial charge in [0.1, 0.15) is 0 Å². The van der Waals surface area contributed by atoms with E-state index in [4.69, 9.17) is 11.6 Å². The zero-order valence-electron chi connectivity index (χ0n) is 15.5. The van der Waals surface area contributed by atoms with Crippen LogP contribution in [0.4, 0.5) is 0 Å². The van der Waals surface area contributed by atoms with E-state index >= 15 is 0 Å². The number of carbonyl (C=O) groups excluding carboxylic acids is 1. The lowest BCUT2D eigenvalue weighted by molar-refractivity contribution is -0.201. The van der Waals surface area contributed by atoms with Crippen LogP contribution in [0.3, 0.4) is 0 Å². The van der Waals surface area contributed by atoms with Gasteiger partial charge in [0.25, 0.3) is 0 Å². The molecule has 4 nitrogen and oxygen atoms in total. The zero-order chi connectivity index (χ0) is 19.0. The van der Waals surface area contributed by atoms with Crippen molar-refractivity contribution < 1.29 is 9.90 Å². The Bertz CT molecular complexity index is 820. The molecule has 1 spiro atoms. The quantitative estimate of drug-likeness (QED) is 0.860. The first-order valence-corrected chi connectivity index (χ1v) is 9.92. The minimum absolute atomic E-state index is 0.00242. The fourth-order valence-electron chi connectivity index (χ4n) is 4.95. The smallest absolute Gasteiger partial charge is 0.223 e. The molecule has 2 heterocycles. The van der Waals surface area contributed by atoms with E-state index in [0.717, 1.165) is 30.2 Å². The highest BCUT2D eigenvalue weighted by atomic mass is 35.5. The van der Waals surface area contributed by atoms with Gasteiger partial charge >= 0.3 is 0 Å². The first-order chi connectivity index (χ1) is 13.1. The topological polar surface area (TPSA) is 43.8 Å². The molecular weight excluding hydrogens is 360 g/mol. The van der Waals surface area contributed by atoms with Crippen LogP contribution in [0.1, 0.15) is 30.4 Å². The molecule has 0 aliphatic carbocycles. The van der Waals surface area contributed by atoms with Crippen LogP contribution in [0, 0.1) is 0 Å². The SMILES string of the molecule is CCC(=O)N1[C@@H](CO)[C@@H](c2ccccc2)C12CN(Cc1ccccc1Cl)C2. The lowest BCUT2D eigenvalue weighted by atomic mass is 9.60. The lowest BCUT2D eigenvalue weighted by Crippen LogP contribution is -2.85. The van der Waals surface area contributed by atoms with Crippen molar-refractivity contribution in [3.8, 4) is 0 Å². The summed E-state index contributed by atoms with van der Waals surface area (Å²) in [5, 5.41) is 10.8. The number of carbonyl (C=O) groups is 1. The number of amides is 1. The van der Waals surface area contributed by atoms with Gasteiger partial charge in [-0.15, -0.1) is 0 Å². The molecule has 2 aliphatic heterocycles. The van der Waals surface area contributed by atoms with Gasteiger partial charge in [0.15, 0.2) is 0 Å². The van der Waals surface area contributed by atoms with E-state index in [9.17, 15) is 9.90 Å². The third-order valence-electron chi connectivity index (χ3n) is 6.04. The van der Waals surface area contributed by atoms with Crippen LogP contribution in [0.15, 0.2) is 54.6 Å². The van der Waals surface area contributed by atoms with Crippen molar-refractivity contribution in [1.82, 2.24) is 9.80 Å². The number of halogens is 1. The highest BCUT2D eigenvalue weighted by Crippen LogP contribution is 2.54. The van der Waals surface area contributed by atoms with Crippen molar-refractivity contribution in [1.29, 1.82) is 0 Å². The Kier molecular flexibility index (Phi) is 4.97. The molecule has 2 aromatic carbocycles. The third-order valence-corrected chi connectivity index (χ3v) is 6.41. The van der Waals surface area contributed by atoms with Gasteiger partial charge in [0, 0.05) is 37.0 Å². The number of aliphatic hydroxyl groups excluding tert-OH is 1. The molecule has 27 heavy (non-hydrogen) atoms. The standard InChI is InChI=1S/C22H25ClN2O2/c1-2-20(27)25-19(13-26)21(16-8-4-3-5-9-16)22(25)14-24(15-22)12-17-10-6-7-11-18(17)23/h3-11,19,21,26H,2,12-15H2,1H3/t19-,21+/m0/s1. The van der Waals surface area contributed by atoms with Crippen molar-refractivity contribution >= 4 is 17.5 Å². The monoisotopic (exact) mass is 384 g/mol. The van der Waals surface area contributed by atoms with Gasteiger partial charge in [0.2, 0.25) is 5.91 Å². The number of nitrogens with zero attached hydrogens (tertiary/aromatic N) is 2. The predicted molar refractivity (Wildman–Crippen MR) is 107 cm³/mol. The molecule has 2 saturated heterocycles. The third kappa shape index (κ3) is 2.96. The van der Waals surface area contributed by atoms with E-state index in [1.807, 2.05) is 54.3 Å². The number of benzene rings is 2. The number of rotatable bonds is 5. The Hall–Kier alpha value is -1.88. The molecular formula is C22H25ClN2O2. The van der Waals surface area contributed by atoms with E-state index in [0.29, 0.717) is 6.42 Å². The number of hydrogen-bond acceptors (Lipinski definition) is 3. The number of hydrogen-bond donors (Lipinski definition) is 1. The first kappa shape index (κ1) is 18.5. The largest absolute Gasteiger partial charge is 0.394 e. The molecule has 0 aromatic heterocycles. The second-order valence-electron chi connectivity index (χ2n) is 7.60. The molecule has 0 saturated carbocycles. The first-order valence-electron chi connectivity index (χ1n) is 9.54. The molecule has 1 N–H and O–H groups in total. The maximum absolute atomic E-state index is 12.6. The Morgan fingerprint density at radius 1 is 1.15 bits per heavy atom. The van der Waals surface area contributed by atoms with Crippen molar-refractivity contribution in [2.75, 3.05) is 19.7 Å². The molecule has 0 unspecified atom stereocenters. The fraction of sp³-hybridized carbons (Fsp3) is 0.409. The molecule has 1 amide bonds. The zero-order valence-corrected chi connectivity index (χ0v) is 16.3. The molecule has 2 aliphatic rings. The Balaban J connectivity index is 1.58. The van der Waals surface area contributed by atoms with Crippen LogP contribution in [-0.2, 0) is 11.3 Å². The second kappa shape index (κ2) is 7.27. The summed E-state index contributed by atoms with van der Waals surface area (Å²) in [6, 6.07) is 18.1. The molecule has 5 heteroatoms. The molecule has 2 atom stereocenters. The van der Waals surface area contributed by atoms with Crippen molar-refractivity contribution in [3.05, 3.63) is 70.7 Å². The van der Waals surface area contributed by atoms with Crippen molar-refractivity contribution in [3.63, 3.8) is 0 Å². The molecule has 0 bridgehead atoms. The molecule has 2 aromatic rings. The highest BCUT2D eigenvalue weighted by molar-refractivity contribution is 6.31. The predicted octanol–water partition coefficient (Wildman–Crippen LogP) is 3.29. The van der Waals surface area contributed by atoms with Crippen molar-refractivity contribution in [2.24, 2.45) is 0 Å². The fourth-order valence-corrected chi connectivity index (χ4v) is 5.14. The van der Waals surface area contributed by atoms with Gasteiger partial charge in [-0.3, -0.25) is 9.69 Å². The summed E-state index contributed by atoms with van der Waals surface area (Å²) in [5.74, 6) is 0.292. The van der Waals surface area contributed by atoms with Gasteiger partial charge in [-0.05, 0) is 17.2 Å². The molecule has 0 radical (unpaired) electrons. The van der Waals surface area contributed by atoms with Gasteiger partial charge in [-0.1, -0.05) is 67.1 Å². The Morgan fingerprint density at radius 3 is 2.44 bits per heavy atom. The Labute approximate surface area is 165 Å². The van der Waals surface area contributed by atoms with Crippen LogP contribution >= 0.6 is 11.6 Å². The summed E-state index contributed by atoms with van der Waals surface area (Å²) in [4.78, 5) is 16.9. The maximum Gasteiger partial charge on any atom is 0.223 e. The minimum Gasteiger partial charge on any atom is -0.394 e. The van der Waals surface area contributed by atoms with Crippen molar-refractivity contribution in [2.45, 2.75) is 37.4 Å². The summed E-state index contributed by atoms with van der Waals surface area (Å²) in [5.41, 5.74) is 2.09. The highest BCUT2D eigenvalue weighted by Gasteiger charge is 2.66. The van der Waals surface area contributed by atoms with E-state index in [-0.39, 0.29) is 30.0 Å². The van der Waals surface area contributed by atoms with E-state index in [1.165, 1.54) is 5.56 Å². The van der Waals surface area contributed by atoms with Gasteiger partial charge < -0.3 is 10.0 Å². The molecule has 2 fully saturated rings. The van der Waals surface area contributed by atoms with E-state index < -0.39 is 0 Å². The second-order valence-corrected chi connectivity index (χ2v) is 8.00. The van der Waals surface area contributed by atoms with Gasteiger partial charge in [-0.2, -0.15) is 0 Å². The molecule has 142 valence electrons. The van der Waals surface area contributed by atoms with Gasteiger partial charge in [-0.25, -0.2) is 0 Å². The summed E-state index contributed by atoms with van der Waals surface area (Å²) < 4.78 is 0. The van der Waals surface area contributed by atoms with Crippen LogP contribution in [0.2, 0.25) is 5.02 Å². The average molecular weight is 385 g/mol. The Morgan fingerprint density at radius 2 is 1.81 bits per heavy atom. The molecule has 4 rings (SSSR count). The van der Waals surface area contributed by atoms with E-state index in [1.54, 1.807) is 0 Å². The van der Waals surface area contributed by atoms with E-state index in [2.05, 4.69) is 17.0 Å². The summed E-state index contributed by atoms with van der Waals surface area (Å²) in [7, 11) is 0. The maximum atomic E-state index is 12.6. The normalized spacial score (nSPS) is 23.7. The summed E-state index contributed by atoms with van der Waals surface area (Å²) in [6.07, 6.45) is 0.463. The van der Waals surface area contributed by atoms with Crippen LogP contribution < -0.4 is 0 Å². The summed E-state index contributed by atoms with van der Waals surface area (Å²) in [6.45, 7) is 4.28. The lowest BCUT2D eigenvalue weighted by Gasteiger charge is -2.70. The van der Waals surface area contributed by atoms with Gasteiger partial charge in [0.05, 0.1) is 18.2 Å². The average Bonchev–Trinajstić information content (AvgIpc) is 2.65. The van der Waals surface area contributed by atoms with Crippen LogP contribution in [0.5, 0.6) is 0 Å². The van der Waals surface area contributed by atoms with Crippen LogP contribution in [-0.4, -0.2) is 52.1 Å². The number of aliphatic hydroxyl groups is 1. The minimum atomic E-state index is -0.219. The summed E-state index contributed by atoms with van der Waals surface area (Å²) >= 11 is 6.32. The van der Waals surface area contributed by atoms with Crippen LogP contribution in [0.25, 0.3) is 0 Å².